The summed E-state index contributed by atoms with van der Waals surface area (Å²) in [5.41, 5.74) is 7.77. The first-order valence-electron chi connectivity index (χ1n) is 11.2. The van der Waals surface area contributed by atoms with E-state index in [9.17, 15) is 19.2 Å². The van der Waals surface area contributed by atoms with Crippen molar-refractivity contribution in [2.24, 2.45) is 5.73 Å². The van der Waals surface area contributed by atoms with Gasteiger partial charge in [-0.25, -0.2) is 0 Å². The molecule has 188 valence electrons. The first-order valence-corrected chi connectivity index (χ1v) is 12.6. The molecule has 0 fully saturated rings. The van der Waals surface area contributed by atoms with Crippen LogP contribution in [0.2, 0.25) is 0 Å². The van der Waals surface area contributed by atoms with Crippen molar-refractivity contribution in [2.45, 2.75) is 37.4 Å². The number of nitrogens with one attached hydrogen (secondary N) is 3. The molecule has 10 heteroatoms. The molecule has 2 aromatic rings. The number of nitrogens with two attached hydrogens (primary N) is 1. The Bertz CT molecular complexity index is 974. The molecule has 0 aliphatic rings. The second-order valence-corrected chi connectivity index (χ2v) is 8.99. The van der Waals surface area contributed by atoms with Gasteiger partial charge in [0, 0.05) is 6.42 Å². The molecular formula is C25H32N4O5S. The molecule has 0 bridgehead atoms. The van der Waals surface area contributed by atoms with Gasteiger partial charge in [-0.15, -0.1) is 0 Å². The van der Waals surface area contributed by atoms with Crippen molar-refractivity contribution in [3.05, 3.63) is 71.8 Å². The van der Waals surface area contributed by atoms with Crippen LogP contribution < -0.4 is 21.7 Å². The zero-order chi connectivity index (χ0) is 25.6. The van der Waals surface area contributed by atoms with E-state index in [4.69, 9.17) is 10.8 Å². The second-order valence-electron chi connectivity index (χ2n) is 8.00. The monoisotopic (exact) mass is 500 g/mol. The molecule has 9 nitrogen and oxygen atoms in total. The Labute approximate surface area is 209 Å². The van der Waals surface area contributed by atoms with E-state index in [0.717, 1.165) is 11.1 Å². The predicted molar refractivity (Wildman–Crippen MR) is 136 cm³/mol. The van der Waals surface area contributed by atoms with Crippen molar-refractivity contribution < 1.29 is 24.3 Å². The van der Waals surface area contributed by atoms with Gasteiger partial charge in [0.05, 0.1) is 6.04 Å². The molecule has 2 rings (SSSR count). The summed E-state index contributed by atoms with van der Waals surface area (Å²) in [5.74, 6) is -2.22. The number of carbonyl (C=O) groups is 4. The highest BCUT2D eigenvalue weighted by molar-refractivity contribution is 7.98. The van der Waals surface area contributed by atoms with Crippen LogP contribution in [0.4, 0.5) is 0 Å². The third-order valence-electron chi connectivity index (χ3n) is 5.21. The first-order chi connectivity index (χ1) is 16.8. The van der Waals surface area contributed by atoms with E-state index >= 15 is 0 Å². The number of carboxylic acids is 1. The topological polar surface area (TPSA) is 151 Å². The van der Waals surface area contributed by atoms with Crippen LogP contribution in [-0.2, 0) is 32.0 Å². The molecule has 0 saturated heterocycles. The van der Waals surface area contributed by atoms with Crippen LogP contribution in [0, 0.1) is 0 Å². The molecule has 0 spiro atoms. The molecule has 0 radical (unpaired) electrons. The van der Waals surface area contributed by atoms with Gasteiger partial charge in [-0.1, -0.05) is 60.7 Å². The minimum atomic E-state index is -1.19. The van der Waals surface area contributed by atoms with E-state index in [1.54, 1.807) is 24.3 Å². The van der Waals surface area contributed by atoms with Crippen LogP contribution in [0.5, 0.6) is 0 Å². The summed E-state index contributed by atoms with van der Waals surface area (Å²) < 4.78 is 0. The lowest BCUT2D eigenvalue weighted by Gasteiger charge is -2.24. The number of aliphatic carboxylic acids is 1. The summed E-state index contributed by atoms with van der Waals surface area (Å²) in [7, 11) is 0. The van der Waals surface area contributed by atoms with Crippen molar-refractivity contribution in [3.8, 4) is 0 Å². The number of carboxylic acid groups (broad SMARTS) is 1. The van der Waals surface area contributed by atoms with Crippen LogP contribution in [0.25, 0.3) is 0 Å². The fourth-order valence-corrected chi connectivity index (χ4v) is 3.83. The number of rotatable bonds is 14. The lowest BCUT2D eigenvalue weighted by Crippen LogP contribution is -2.56. The quantitative estimate of drug-likeness (QED) is 0.256. The molecule has 6 N–H and O–H groups in total. The lowest BCUT2D eigenvalue weighted by atomic mass is 10.0. The maximum absolute atomic E-state index is 13.1. The number of hydrogen-bond donors (Lipinski definition) is 5. The zero-order valence-electron chi connectivity index (χ0n) is 19.6. The van der Waals surface area contributed by atoms with Crippen molar-refractivity contribution >= 4 is 35.5 Å². The fraction of sp³-hybridized carbons (Fsp3) is 0.360. The number of benzene rings is 2. The number of hydrogen-bond acceptors (Lipinski definition) is 6. The van der Waals surface area contributed by atoms with Gasteiger partial charge in [-0.3, -0.25) is 19.2 Å². The van der Waals surface area contributed by atoms with Gasteiger partial charge >= 0.3 is 5.97 Å². The Morgan fingerprint density at radius 3 is 1.91 bits per heavy atom. The summed E-state index contributed by atoms with van der Waals surface area (Å²) in [6, 6.07) is 15.6. The standard InChI is InChI=1S/C25H32N4O5S/c1-35-13-12-20(28-23(32)19(26)14-17-8-4-2-5-9-17)25(34)29-21(24(33)27-16-22(30)31)15-18-10-6-3-7-11-18/h2-11,19-21H,12-16,26H2,1H3,(H,27,33)(H,28,32)(H,29,34)(H,30,31). The summed E-state index contributed by atoms with van der Waals surface area (Å²) in [6.07, 6.45) is 2.70. The predicted octanol–water partition coefficient (Wildman–Crippen LogP) is 0.723. The smallest absolute Gasteiger partial charge is 0.322 e. The number of amides is 3. The van der Waals surface area contributed by atoms with E-state index < -0.39 is 48.4 Å². The Morgan fingerprint density at radius 1 is 0.829 bits per heavy atom. The summed E-state index contributed by atoms with van der Waals surface area (Å²) in [5, 5.41) is 16.6. The third-order valence-corrected chi connectivity index (χ3v) is 5.85. The molecule has 3 amide bonds. The maximum atomic E-state index is 13.1. The molecule has 2 aromatic carbocycles. The second kappa shape index (κ2) is 14.8. The largest absolute Gasteiger partial charge is 0.480 e. The Morgan fingerprint density at radius 2 is 1.37 bits per heavy atom. The minimum absolute atomic E-state index is 0.161. The van der Waals surface area contributed by atoms with Gasteiger partial charge in [-0.05, 0) is 36.0 Å². The van der Waals surface area contributed by atoms with Crippen LogP contribution in [0.15, 0.2) is 60.7 Å². The lowest BCUT2D eigenvalue weighted by molar-refractivity contribution is -0.138. The highest BCUT2D eigenvalue weighted by Crippen LogP contribution is 2.07. The van der Waals surface area contributed by atoms with Crippen LogP contribution in [0.3, 0.4) is 0 Å². The van der Waals surface area contributed by atoms with Crippen molar-refractivity contribution in [1.82, 2.24) is 16.0 Å². The molecule has 0 heterocycles. The van der Waals surface area contributed by atoms with Gasteiger partial charge in [0.15, 0.2) is 0 Å². The summed E-state index contributed by atoms with van der Waals surface area (Å²) >= 11 is 1.52. The third kappa shape index (κ3) is 10.2. The van der Waals surface area contributed by atoms with Gasteiger partial charge in [-0.2, -0.15) is 11.8 Å². The molecular weight excluding hydrogens is 468 g/mol. The highest BCUT2D eigenvalue weighted by atomic mass is 32.2. The van der Waals surface area contributed by atoms with Crippen LogP contribution >= 0.6 is 11.8 Å². The first kappa shape index (κ1) is 27.9. The molecule has 0 aliphatic heterocycles. The molecule has 0 aliphatic carbocycles. The van der Waals surface area contributed by atoms with E-state index in [1.807, 2.05) is 42.7 Å². The van der Waals surface area contributed by atoms with E-state index in [0.29, 0.717) is 18.6 Å². The zero-order valence-corrected chi connectivity index (χ0v) is 20.4. The average Bonchev–Trinajstić information content (AvgIpc) is 2.85. The summed E-state index contributed by atoms with van der Waals surface area (Å²) in [4.78, 5) is 49.4. The van der Waals surface area contributed by atoms with Crippen LogP contribution in [-0.4, -0.2) is 65.5 Å². The van der Waals surface area contributed by atoms with E-state index in [1.165, 1.54) is 11.8 Å². The van der Waals surface area contributed by atoms with Gasteiger partial charge in [0.1, 0.15) is 18.6 Å². The van der Waals surface area contributed by atoms with E-state index in [2.05, 4.69) is 16.0 Å². The molecule has 35 heavy (non-hydrogen) atoms. The number of thioether (sulfide) groups is 1. The maximum Gasteiger partial charge on any atom is 0.322 e. The van der Waals surface area contributed by atoms with Crippen LogP contribution in [0.1, 0.15) is 17.5 Å². The summed E-state index contributed by atoms with van der Waals surface area (Å²) in [6.45, 7) is -0.568. The van der Waals surface area contributed by atoms with Crippen molar-refractivity contribution in [2.75, 3.05) is 18.6 Å². The fourth-order valence-electron chi connectivity index (χ4n) is 3.36. The normalized spacial score (nSPS) is 13.2. The SMILES string of the molecule is CSCCC(NC(=O)C(N)Cc1ccccc1)C(=O)NC(Cc1ccccc1)C(=O)NCC(=O)O. The molecule has 3 atom stereocenters. The Balaban J connectivity index is 2.10. The molecule has 0 aromatic heterocycles. The van der Waals surface area contributed by atoms with Crippen molar-refractivity contribution in [1.29, 1.82) is 0 Å². The minimum Gasteiger partial charge on any atom is -0.480 e. The van der Waals surface area contributed by atoms with E-state index in [-0.39, 0.29) is 6.42 Å². The molecule has 0 saturated carbocycles. The van der Waals surface area contributed by atoms with Crippen molar-refractivity contribution in [3.63, 3.8) is 0 Å². The average molecular weight is 501 g/mol. The highest BCUT2D eigenvalue weighted by Gasteiger charge is 2.28. The Kier molecular flexibility index (Phi) is 11.8. The number of carbonyl (C=O) groups excluding carboxylic acids is 3. The molecule has 3 unspecified atom stereocenters. The van der Waals surface area contributed by atoms with Gasteiger partial charge in [0.2, 0.25) is 17.7 Å². The van der Waals surface area contributed by atoms with Gasteiger partial charge in [0.25, 0.3) is 0 Å². The van der Waals surface area contributed by atoms with Gasteiger partial charge < -0.3 is 26.8 Å². The Hall–Kier alpha value is -3.37.